The van der Waals surface area contributed by atoms with Gasteiger partial charge in [0.2, 0.25) is 0 Å². The average Bonchev–Trinajstić information content (AvgIpc) is 2.77. The van der Waals surface area contributed by atoms with E-state index in [0.717, 1.165) is 44.6 Å². The molecule has 0 bridgehead atoms. The first-order chi connectivity index (χ1) is 13.9. The molecule has 0 saturated carbocycles. The Morgan fingerprint density at radius 1 is 1.03 bits per heavy atom. The van der Waals surface area contributed by atoms with E-state index in [9.17, 15) is 0 Å². The van der Waals surface area contributed by atoms with E-state index in [-0.39, 0.29) is 30.0 Å². The Kier molecular flexibility index (Phi) is 10.8. The summed E-state index contributed by atoms with van der Waals surface area (Å²) >= 11 is 0. The lowest BCUT2D eigenvalue weighted by Gasteiger charge is -2.35. The lowest BCUT2D eigenvalue weighted by atomic mass is 10.0. The van der Waals surface area contributed by atoms with Gasteiger partial charge in [0.1, 0.15) is 12.4 Å². The van der Waals surface area contributed by atoms with E-state index in [4.69, 9.17) is 9.47 Å². The largest absolute Gasteiger partial charge is 0.492 e. The lowest BCUT2D eigenvalue weighted by Crippen LogP contribution is -2.46. The maximum absolute atomic E-state index is 5.72. The summed E-state index contributed by atoms with van der Waals surface area (Å²) < 4.78 is 11.2. The van der Waals surface area contributed by atoms with Crippen LogP contribution in [0.1, 0.15) is 11.6 Å². The molecule has 0 aliphatic carbocycles. The Morgan fingerprint density at radius 3 is 2.34 bits per heavy atom. The smallest absolute Gasteiger partial charge is 0.191 e. The summed E-state index contributed by atoms with van der Waals surface area (Å²) in [4.78, 5) is 6.81. The quantitative estimate of drug-likeness (QED) is 0.248. The molecule has 1 aliphatic heterocycles. The minimum Gasteiger partial charge on any atom is -0.492 e. The number of rotatable bonds is 8. The Hall–Kier alpha value is -1.84. The highest BCUT2D eigenvalue weighted by Crippen LogP contribution is 2.20. The van der Waals surface area contributed by atoms with E-state index >= 15 is 0 Å². The summed E-state index contributed by atoms with van der Waals surface area (Å²) in [5.74, 6) is 1.66. The molecule has 1 saturated heterocycles. The highest BCUT2D eigenvalue weighted by Gasteiger charge is 2.22. The van der Waals surface area contributed by atoms with Gasteiger partial charge in [0.15, 0.2) is 5.96 Å². The van der Waals surface area contributed by atoms with E-state index in [1.807, 2.05) is 30.3 Å². The third-order valence-electron chi connectivity index (χ3n) is 4.76. The molecule has 0 radical (unpaired) electrons. The van der Waals surface area contributed by atoms with Crippen LogP contribution >= 0.6 is 24.0 Å². The van der Waals surface area contributed by atoms with E-state index in [1.54, 1.807) is 7.05 Å². The van der Waals surface area contributed by atoms with Gasteiger partial charge in [-0.3, -0.25) is 9.89 Å². The summed E-state index contributed by atoms with van der Waals surface area (Å²) in [6, 6.07) is 20.7. The number of nitrogens with zero attached hydrogens (tertiary/aromatic N) is 2. The topological polar surface area (TPSA) is 58.1 Å². The minimum absolute atomic E-state index is 0. The number of halogens is 1. The molecule has 7 heteroatoms. The zero-order valence-corrected chi connectivity index (χ0v) is 19.3. The van der Waals surface area contributed by atoms with Crippen LogP contribution in [0.4, 0.5) is 0 Å². The summed E-state index contributed by atoms with van der Waals surface area (Å²) in [5, 5.41) is 6.78. The van der Waals surface area contributed by atoms with Gasteiger partial charge in [-0.25, -0.2) is 0 Å². The third-order valence-corrected chi connectivity index (χ3v) is 4.76. The molecule has 1 aliphatic rings. The summed E-state index contributed by atoms with van der Waals surface area (Å²) in [6.45, 7) is 5.50. The van der Waals surface area contributed by atoms with Crippen LogP contribution in [0.3, 0.4) is 0 Å². The number of ether oxygens (including phenoxy) is 2. The Morgan fingerprint density at radius 2 is 1.69 bits per heavy atom. The standard InChI is InChI=1S/C22H30N4O2.HI/c1-23-22(24-12-15-28-20-10-6-3-7-11-20)25-18-21(19-8-4-2-5-9-19)26-13-16-27-17-14-26;/h2-11,21H,12-18H2,1H3,(H2,23,24,25);1H. The van der Waals surface area contributed by atoms with Gasteiger partial charge in [0.05, 0.1) is 25.8 Å². The molecule has 158 valence electrons. The Balaban J connectivity index is 0.00000300. The van der Waals surface area contributed by atoms with Crippen molar-refractivity contribution in [1.82, 2.24) is 15.5 Å². The third kappa shape index (κ3) is 7.83. The number of aliphatic imine (C=N–C) groups is 1. The van der Waals surface area contributed by atoms with Crippen molar-refractivity contribution in [2.45, 2.75) is 6.04 Å². The number of hydrogen-bond donors (Lipinski definition) is 2. The molecular weight excluding hydrogens is 479 g/mol. The summed E-state index contributed by atoms with van der Waals surface area (Å²) in [6.07, 6.45) is 0. The summed E-state index contributed by atoms with van der Waals surface area (Å²) in [7, 11) is 1.79. The SMILES string of the molecule is CN=C(NCCOc1ccccc1)NCC(c1ccccc1)N1CCOCC1.I. The van der Waals surface area contributed by atoms with Crippen molar-refractivity contribution in [3.05, 3.63) is 66.2 Å². The molecule has 0 spiro atoms. The number of benzene rings is 2. The van der Waals surface area contributed by atoms with Gasteiger partial charge in [0, 0.05) is 26.7 Å². The molecule has 0 aromatic heterocycles. The van der Waals surface area contributed by atoms with Crippen LogP contribution in [0.15, 0.2) is 65.7 Å². The fourth-order valence-corrected chi connectivity index (χ4v) is 3.29. The van der Waals surface area contributed by atoms with Gasteiger partial charge in [-0.1, -0.05) is 48.5 Å². The first-order valence-corrected chi connectivity index (χ1v) is 9.86. The van der Waals surface area contributed by atoms with Gasteiger partial charge >= 0.3 is 0 Å². The van der Waals surface area contributed by atoms with E-state index < -0.39 is 0 Å². The zero-order chi connectivity index (χ0) is 19.4. The Labute approximate surface area is 190 Å². The van der Waals surface area contributed by atoms with Crippen LogP contribution < -0.4 is 15.4 Å². The maximum atomic E-state index is 5.72. The van der Waals surface area contributed by atoms with Crippen LogP contribution in [0.25, 0.3) is 0 Å². The monoisotopic (exact) mass is 510 g/mol. The number of guanidine groups is 1. The van der Waals surface area contributed by atoms with Gasteiger partial charge in [0.25, 0.3) is 0 Å². The minimum atomic E-state index is 0. The first-order valence-electron chi connectivity index (χ1n) is 9.86. The normalized spacial score (nSPS) is 15.8. The predicted octanol–water partition coefficient (Wildman–Crippen LogP) is 2.92. The van der Waals surface area contributed by atoms with Crippen LogP contribution in [0.5, 0.6) is 5.75 Å². The van der Waals surface area contributed by atoms with Crippen molar-refractivity contribution in [1.29, 1.82) is 0 Å². The molecule has 3 rings (SSSR count). The van der Waals surface area contributed by atoms with Crippen LogP contribution in [-0.4, -0.2) is 63.9 Å². The molecule has 29 heavy (non-hydrogen) atoms. The molecule has 0 amide bonds. The van der Waals surface area contributed by atoms with Crippen molar-refractivity contribution in [2.75, 3.05) is 53.0 Å². The second-order valence-corrected chi connectivity index (χ2v) is 6.62. The van der Waals surface area contributed by atoms with Gasteiger partial charge in [-0.2, -0.15) is 0 Å². The molecule has 2 N–H and O–H groups in total. The van der Waals surface area contributed by atoms with Crippen molar-refractivity contribution in [3.63, 3.8) is 0 Å². The Bertz CT molecular complexity index is 709. The molecular formula is C22H31IN4O2. The van der Waals surface area contributed by atoms with Gasteiger partial charge < -0.3 is 20.1 Å². The van der Waals surface area contributed by atoms with Crippen LogP contribution in [0.2, 0.25) is 0 Å². The number of hydrogen-bond acceptors (Lipinski definition) is 4. The fourth-order valence-electron chi connectivity index (χ4n) is 3.29. The molecule has 6 nitrogen and oxygen atoms in total. The van der Waals surface area contributed by atoms with Gasteiger partial charge in [-0.15, -0.1) is 24.0 Å². The van der Waals surface area contributed by atoms with Crippen molar-refractivity contribution in [2.24, 2.45) is 4.99 Å². The van der Waals surface area contributed by atoms with Crippen LogP contribution in [0, 0.1) is 0 Å². The van der Waals surface area contributed by atoms with Crippen molar-refractivity contribution < 1.29 is 9.47 Å². The van der Waals surface area contributed by atoms with E-state index in [1.165, 1.54) is 5.56 Å². The number of nitrogens with one attached hydrogen (secondary N) is 2. The average molecular weight is 510 g/mol. The second kappa shape index (κ2) is 13.4. The molecule has 1 heterocycles. The molecule has 2 aromatic carbocycles. The molecule has 1 atom stereocenters. The highest BCUT2D eigenvalue weighted by molar-refractivity contribution is 14.0. The van der Waals surface area contributed by atoms with Crippen LogP contribution in [-0.2, 0) is 4.74 Å². The maximum Gasteiger partial charge on any atom is 0.191 e. The molecule has 1 unspecified atom stereocenters. The van der Waals surface area contributed by atoms with E-state index in [0.29, 0.717) is 13.2 Å². The highest BCUT2D eigenvalue weighted by atomic mass is 127. The molecule has 1 fully saturated rings. The molecule has 2 aromatic rings. The van der Waals surface area contributed by atoms with E-state index in [2.05, 4.69) is 50.9 Å². The number of para-hydroxylation sites is 1. The number of morpholine rings is 1. The van der Waals surface area contributed by atoms with Gasteiger partial charge in [-0.05, 0) is 17.7 Å². The summed E-state index contributed by atoms with van der Waals surface area (Å²) in [5.41, 5.74) is 1.31. The van der Waals surface area contributed by atoms with Crippen molar-refractivity contribution >= 4 is 29.9 Å². The zero-order valence-electron chi connectivity index (χ0n) is 16.9. The fraction of sp³-hybridized carbons (Fsp3) is 0.409. The second-order valence-electron chi connectivity index (χ2n) is 6.62. The van der Waals surface area contributed by atoms with Crippen molar-refractivity contribution in [3.8, 4) is 5.75 Å². The first kappa shape index (κ1) is 23.4. The predicted molar refractivity (Wildman–Crippen MR) is 128 cm³/mol. The lowest BCUT2D eigenvalue weighted by molar-refractivity contribution is 0.0170.